The number of aryl methyl sites for hydroxylation is 1. The van der Waals surface area contributed by atoms with Gasteiger partial charge in [-0.15, -0.1) is 0 Å². The summed E-state index contributed by atoms with van der Waals surface area (Å²) in [6.45, 7) is 7.98. The maximum Gasteiger partial charge on any atom is 0.119 e. The lowest BCUT2D eigenvalue weighted by Gasteiger charge is -2.17. The first kappa shape index (κ1) is 13.4. The van der Waals surface area contributed by atoms with Crippen molar-refractivity contribution in [3.63, 3.8) is 0 Å². The van der Waals surface area contributed by atoms with Crippen molar-refractivity contribution < 1.29 is 4.74 Å². The molecule has 0 aromatic heterocycles. The summed E-state index contributed by atoms with van der Waals surface area (Å²) in [7, 11) is 0. The SMILES string of the molecule is CCN(CC)CCCc1ccc(OC2CC2)cc1. The fraction of sp³-hybridized carbons (Fsp3) is 0.625. The minimum atomic E-state index is 0.499. The molecule has 0 saturated heterocycles. The number of benzene rings is 1. The average Bonchev–Trinajstić information content (AvgIpc) is 3.21. The Labute approximate surface area is 111 Å². The molecule has 1 aliphatic rings. The molecule has 1 saturated carbocycles. The monoisotopic (exact) mass is 247 g/mol. The molecule has 0 aliphatic heterocycles. The number of nitrogens with zero attached hydrogens (tertiary/aromatic N) is 1. The normalized spacial score (nSPS) is 15.1. The van der Waals surface area contributed by atoms with Gasteiger partial charge in [-0.25, -0.2) is 0 Å². The van der Waals surface area contributed by atoms with Crippen LogP contribution in [0.3, 0.4) is 0 Å². The highest BCUT2D eigenvalue weighted by atomic mass is 16.5. The van der Waals surface area contributed by atoms with Crippen LogP contribution >= 0.6 is 0 Å². The summed E-state index contributed by atoms with van der Waals surface area (Å²) < 4.78 is 5.75. The summed E-state index contributed by atoms with van der Waals surface area (Å²) in [6, 6.07) is 8.65. The van der Waals surface area contributed by atoms with Gasteiger partial charge in [-0.05, 0) is 63.0 Å². The molecule has 2 nitrogen and oxygen atoms in total. The van der Waals surface area contributed by atoms with Crippen molar-refractivity contribution in [1.29, 1.82) is 0 Å². The molecule has 0 radical (unpaired) electrons. The predicted molar refractivity (Wildman–Crippen MR) is 76.2 cm³/mol. The fourth-order valence-electron chi connectivity index (χ4n) is 2.16. The maximum absolute atomic E-state index is 5.75. The molecule has 100 valence electrons. The van der Waals surface area contributed by atoms with Gasteiger partial charge in [-0.2, -0.15) is 0 Å². The second-order valence-corrected chi connectivity index (χ2v) is 5.09. The second kappa shape index (κ2) is 6.79. The quantitative estimate of drug-likeness (QED) is 0.697. The van der Waals surface area contributed by atoms with Gasteiger partial charge in [0.25, 0.3) is 0 Å². The van der Waals surface area contributed by atoms with Crippen molar-refractivity contribution in [2.45, 2.75) is 45.6 Å². The maximum atomic E-state index is 5.75. The fourth-order valence-corrected chi connectivity index (χ4v) is 2.16. The van der Waals surface area contributed by atoms with Crippen LogP contribution in [0.5, 0.6) is 5.75 Å². The van der Waals surface area contributed by atoms with Crippen molar-refractivity contribution in [2.24, 2.45) is 0 Å². The van der Waals surface area contributed by atoms with E-state index < -0.39 is 0 Å². The van der Waals surface area contributed by atoms with E-state index in [9.17, 15) is 0 Å². The molecular weight excluding hydrogens is 222 g/mol. The van der Waals surface area contributed by atoms with E-state index in [2.05, 4.69) is 43.0 Å². The summed E-state index contributed by atoms with van der Waals surface area (Å²) in [6.07, 6.45) is 5.36. The zero-order valence-corrected chi connectivity index (χ0v) is 11.7. The van der Waals surface area contributed by atoms with Crippen molar-refractivity contribution in [1.82, 2.24) is 4.90 Å². The van der Waals surface area contributed by atoms with Crippen molar-refractivity contribution in [2.75, 3.05) is 19.6 Å². The van der Waals surface area contributed by atoms with Crippen LogP contribution in [-0.4, -0.2) is 30.6 Å². The van der Waals surface area contributed by atoms with Crippen LogP contribution in [0.25, 0.3) is 0 Å². The Hall–Kier alpha value is -1.02. The molecule has 0 spiro atoms. The molecule has 1 aliphatic carbocycles. The first-order valence-corrected chi connectivity index (χ1v) is 7.29. The van der Waals surface area contributed by atoms with E-state index in [1.54, 1.807) is 0 Å². The minimum absolute atomic E-state index is 0.499. The summed E-state index contributed by atoms with van der Waals surface area (Å²) in [5, 5.41) is 0. The van der Waals surface area contributed by atoms with E-state index in [0.29, 0.717) is 6.10 Å². The van der Waals surface area contributed by atoms with Crippen molar-refractivity contribution in [3.8, 4) is 5.75 Å². The van der Waals surface area contributed by atoms with Gasteiger partial charge in [0.15, 0.2) is 0 Å². The Morgan fingerprint density at radius 1 is 1.11 bits per heavy atom. The van der Waals surface area contributed by atoms with Crippen LogP contribution in [0.2, 0.25) is 0 Å². The van der Waals surface area contributed by atoms with E-state index in [0.717, 1.165) is 18.8 Å². The Kier molecular flexibility index (Phi) is 5.06. The predicted octanol–water partition coefficient (Wildman–Crippen LogP) is 3.50. The molecule has 2 rings (SSSR count). The molecule has 0 atom stereocenters. The largest absolute Gasteiger partial charge is 0.490 e. The third kappa shape index (κ3) is 4.34. The molecular formula is C16H25NO. The summed E-state index contributed by atoms with van der Waals surface area (Å²) >= 11 is 0. The smallest absolute Gasteiger partial charge is 0.119 e. The Balaban J connectivity index is 1.71. The van der Waals surface area contributed by atoms with E-state index in [-0.39, 0.29) is 0 Å². The van der Waals surface area contributed by atoms with Gasteiger partial charge in [0.05, 0.1) is 6.10 Å². The first-order chi connectivity index (χ1) is 8.81. The molecule has 0 unspecified atom stereocenters. The molecule has 18 heavy (non-hydrogen) atoms. The van der Waals surface area contributed by atoms with E-state index in [1.807, 2.05) is 0 Å². The van der Waals surface area contributed by atoms with Gasteiger partial charge in [0, 0.05) is 0 Å². The summed E-state index contributed by atoms with van der Waals surface area (Å²) in [5.74, 6) is 1.03. The van der Waals surface area contributed by atoms with Gasteiger partial charge >= 0.3 is 0 Å². The molecule has 1 aromatic rings. The van der Waals surface area contributed by atoms with Gasteiger partial charge in [-0.3, -0.25) is 0 Å². The van der Waals surface area contributed by atoms with E-state index >= 15 is 0 Å². The van der Waals surface area contributed by atoms with Crippen LogP contribution < -0.4 is 4.74 Å². The average molecular weight is 247 g/mol. The summed E-state index contributed by atoms with van der Waals surface area (Å²) in [4.78, 5) is 2.48. The molecule has 0 amide bonds. The molecule has 0 bridgehead atoms. The number of ether oxygens (including phenoxy) is 1. The lowest BCUT2D eigenvalue weighted by molar-refractivity contribution is 0.299. The van der Waals surface area contributed by atoms with Crippen LogP contribution in [0.15, 0.2) is 24.3 Å². The van der Waals surface area contributed by atoms with Gasteiger partial charge in [0.1, 0.15) is 5.75 Å². The third-order valence-corrected chi connectivity index (χ3v) is 3.58. The lowest BCUT2D eigenvalue weighted by atomic mass is 10.1. The second-order valence-electron chi connectivity index (χ2n) is 5.09. The van der Waals surface area contributed by atoms with E-state index in [1.165, 1.54) is 37.8 Å². The van der Waals surface area contributed by atoms with E-state index in [4.69, 9.17) is 4.74 Å². The zero-order valence-electron chi connectivity index (χ0n) is 11.7. The third-order valence-electron chi connectivity index (χ3n) is 3.58. The minimum Gasteiger partial charge on any atom is -0.490 e. The topological polar surface area (TPSA) is 12.5 Å². The highest BCUT2D eigenvalue weighted by Gasteiger charge is 2.23. The zero-order chi connectivity index (χ0) is 12.8. The standard InChI is InChI=1S/C16H25NO/c1-3-17(4-2)13-5-6-14-7-9-15(10-8-14)18-16-11-12-16/h7-10,16H,3-6,11-13H2,1-2H3. The number of rotatable bonds is 8. The molecule has 1 aromatic carbocycles. The van der Waals surface area contributed by atoms with Gasteiger partial charge in [-0.1, -0.05) is 26.0 Å². The number of hydrogen-bond acceptors (Lipinski definition) is 2. The molecule has 0 N–H and O–H groups in total. The van der Waals surface area contributed by atoms with Crippen LogP contribution in [0.1, 0.15) is 38.7 Å². The van der Waals surface area contributed by atoms with Crippen LogP contribution in [0, 0.1) is 0 Å². The highest BCUT2D eigenvalue weighted by molar-refractivity contribution is 5.27. The van der Waals surface area contributed by atoms with Crippen molar-refractivity contribution in [3.05, 3.63) is 29.8 Å². The van der Waals surface area contributed by atoms with Crippen LogP contribution in [-0.2, 0) is 6.42 Å². The van der Waals surface area contributed by atoms with Crippen molar-refractivity contribution >= 4 is 0 Å². The molecule has 2 heteroatoms. The van der Waals surface area contributed by atoms with Crippen LogP contribution in [0.4, 0.5) is 0 Å². The Bertz CT molecular complexity index is 339. The Morgan fingerprint density at radius 2 is 1.78 bits per heavy atom. The first-order valence-electron chi connectivity index (χ1n) is 7.29. The molecule has 0 heterocycles. The van der Waals surface area contributed by atoms with Gasteiger partial charge < -0.3 is 9.64 Å². The molecule has 1 fully saturated rings. The Morgan fingerprint density at radius 3 is 2.33 bits per heavy atom. The van der Waals surface area contributed by atoms with Gasteiger partial charge in [0.2, 0.25) is 0 Å². The summed E-state index contributed by atoms with van der Waals surface area (Å²) in [5.41, 5.74) is 1.42. The number of hydrogen-bond donors (Lipinski definition) is 0. The lowest BCUT2D eigenvalue weighted by Crippen LogP contribution is -2.24. The highest BCUT2D eigenvalue weighted by Crippen LogP contribution is 2.26.